The molecular formula is C10H20N4O2S2. The summed E-state index contributed by atoms with van der Waals surface area (Å²) < 4.78 is 27.0. The number of aromatic nitrogens is 1. The van der Waals surface area contributed by atoms with Crippen molar-refractivity contribution in [3.8, 4) is 0 Å². The number of hydrogen-bond donors (Lipinski definition) is 1. The van der Waals surface area contributed by atoms with Gasteiger partial charge in [0.05, 0.1) is 17.7 Å². The van der Waals surface area contributed by atoms with Gasteiger partial charge in [0.25, 0.3) is 10.2 Å². The van der Waals surface area contributed by atoms with E-state index >= 15 is 0 Å². The predicted octanol–water partition coefficient (Wildman–Crippen LogP) is 0.361. The van der Waals surface area contributed by atoms with Gasteiger partial charge in [-0.05, 0) is 20.0 Å². The lowest BCUT2D eigenvalue weighted by molar-refractivity contribution is 0.383. The van der Waals surface area contributed by atoms with E-state index in [1.165, 1.54) is 19.9 Å². The fraction of sp³-hybridized carbons (Fsp3) is 0.700. The van der Waals surface area contributed by atoms with Crippen molar-refractivity contribution in [2.45, 2.75) is 13.0 Å². The van der Waals surface area contributed by atoms with Gasteiger partial charge in [0.1, 0.15) is 0 Å². The number of rotatable bonds is 8. The van der Waals surface area contributed by atoms with Gasteiger partial charge in [-0.1, -0.05) is 0 Å². The maximum atomic E-state index is 12.2. The van der Waals surface area contributed by atoms with Crippen LogP contribution in [-0.2, 0) is 16.8 Å². The lowest BCUT2D eigenvalue weighted by atomic mass is 10.4. The van der Waals surface area contributed by atoms with Crippen molar-refractivity contribution in [2.24, 2.45) is 0 Å². The van der Waals surface area contributed by atoms with Crippen LogP contribution in [0, 0.1) is 0 Å². The van der Waals surface area contributed by atoms with Gasteiger partial charge in [0.15, 0.2) is 0 Å². The van der Waals surface area contributed by atoms with E-state index in [1.54, 1.807) is 19.6 Å². The van der Waals surface area contributed by atoms with Gasteiger partial charge < -0.3 is 5.32 Å². The molecular weight excluding hydrogens is 272 g/mol. The summed E-state index contributed by atoms with van der Waals surface area (Å²) in [6.07, 6.45) is 0.788. The molecule has 0 aliphatic rings. The Morgan fingerprint density at radius 3 is 2.67 bits per heavy atom. The average Bonchev–Trinajstić information content (AvgIpc) is 2.81. The van der Waals surface area contributed by atoms with Crippen LogP contribution in [0.1, 0.15) is 12.1 Å². The lowest BCUT2D eigenvalue weighted by Gasteiger charge is -2.23. The molecule has 0 spiro atoms. The third kappa shape index (κ3) is 4.29. The monoisotopic (exact) mass is 292 g/mol. The first-order valence-corrected chi connectivity index (χ1v) is 8.01. The summed E-state index contributed by atoms with van der Waals surface area (Å²) in [4.78, 5) is 4.09. The molecule has 1 heterocycles. The van der Waals surface area contributed by atoms with E-state index in [4.69, 9.17) is 0 Å². The lowest BCUT2D eigenvalue weighted by Crippen LogP contribution is -2.40. The van der Waals surface area contributed by atoms with E-state index in [2.05, 4.69) is 10.3 Å². The average molecular weight is 292 g/mol. The number of hydrogen-bond acceptors (Lipinski definition) is 5. The molecule has 0 aromatic carbocycles. The quantitative estimate of drug-likeness (QED) is 0.703. The topological polar surface area (TPSA) is 65.5 Å². The molecule has 0 fully saturated rings. The highest BCUT2D eigenvalue weighted by atomic mass is 32.2. The van der Waals surface area contributed by atoms with Crippen molar-refractivity contribution in [3.63, 3.8) is 0 Å². The molecule has 0 saturated carbocycles. The predicted molar refractivity (Wildman–Crippen MR) is 73.7 cm³/mol. The molecule has 104 valence electrons. The minimum absolute atomic E-state index is 0.308. The van der Waals surface area contributed by atoms with Gasteiger partial charge in [-0.2, -0.15) is 17.0 Å². The van der Waals surface area contributed by atoms with E-state index < -0.39 is 10.2 Å². The Labute approximate surface area is 113 Å². The van der Waals surface area contributed by atoms with Crippen molar-refractivity contribution >= 4 is 21.5 Å². The summed E-state index contributed by atoms with van der Waals surface area (Å²) in [5, 5.41) is 4.85. The van der Waals surface area contributed by atoms with Crippen LogP contribution in [0.15, 0.2) is 10.9 Å². The number of thiazole rings is 1. The third-order valence-corrected chi connectivity index (χ3v) is 5.08. The molecule has 1 aromatic rings. The van der Waals surface area contributed by atoms with Gasteiger partial charge in [0, 0.05) is 26.0 Å². The van der Waals surface area contributed by atoms with Crippen LogP contribution < -0.4 is 5.32 Å². The minimum Gasteiger partial charge on any atom is -0.320 e. The molecule has 0 aliphatic carbocycles. The highest BCUT2D eigenvalue weighted by Gasteiger charge is 2.23. The van der Waals surface area contributed by atoms with Crippen molar-refractivity contribution in [1.29, 1.82) is 0 Å². The molecule has 0 saturated heterocycles. The normalized spacial score (nSPS) is 12.5. The van der Waals surface area contributed by atoms with Crippen LogP contribution >= 0.6 is 11.3 Å². The smallest absolute Gasteiger partial charge is 0.281 e. The van der Waals surface area contributed by atoms with Crippen molar-refractivity contribution in [1.82, 2.24) is 18.9 Å². The zero-order valence-electron chi connectivity index (χ0n) is 11.0. The second kappa shape index (κ2) is 7.15. The largest absolute Gasteiger partial charge is 0.320 e. The van der Waals surface area contributed by atoms with Gasteiger partial charge in [-0.3, -0.25) is 0 Å². The number of nitrogens with zero attached hydrogens (tertiary/aromatic N) is 3. The maximum absolute atomic E-state index is 12.2. The first kappa shape index (κ1) is 15.5. The SMILES string of the molecule is CNCCCN(C)S(=O)(=O)N(C)Cc1cscn1. The Morgan fingerprint density at radius 1 is 1.39 bits per heavy atom. The zero-order valence-corrected chi connectivity index (χ0v) is 12.6. The highest BCUT2D eigenvalue weighted by molar-refractivity contribution is 7.86. The second-order valence-electron chi connectivity index (χ2n) is 4.02. The molecule has 0 amide bonds. The van der Waals surface area contributed by atoms with Crippen molar-refractivity contribution in [2.75, 3.05) is 34.2 Å². The van der Waals surface area contributed by atoms with Crippen LogP contribution in [0.2, 0.25) is 0 Å². The number of nitrogens with one attached hydrogen (secondary N) is 1. The molecule has 1 rings (SSSR count). The van der Waals surface area contributed by atoms with E-state index in [0.717, 1.165) is 18.7 Å². The van der Waals surface area contributed by atoms with Crippen LogP contribution in [0.5, 0.6) is 0 Å². The summed E-state index contributed by atoms with van der Waals surface area (Å²) >= 11 is 1.46. The Morgan fingerprint density at radius 2 is 2.11 bits per heavy atom. The molecule has 0 unspecified atom stereocenters. The highest BCUT2D eigenvalue weighted by Crippen LogP contribution is 2.10. The van der Waals surface area contributed by atoms with Crippen molar-refractivity contribution < 1.29 is 8.42 Å². The van der Waals surface area contributed by atoms with E-state index in [0.29, 0.717) is 13.1 Å². The fourth-order valence-corrected chi connectivity index (χ4v) is 3.14. The fourth-order valence-electron chi connectivity index (χ4n) is 1.46. The van der Waals surface area contributed by atoms with Gasteiger partial charge >= 0.3 is 0 Å². The standard InChI is InChI=1S/C10H20N4O2S2/c1-11-5-4-6-13(2)18(15,16)14(3)7-10-8-17-9-12-10/h8-9,11H,4-7H2,1-3H3. The van der Waals surface area contributed by atoms with Gasteiger partial charge in [0.2, 0.25) is 0 Å². The molecule has 0 aliphatic heterocycles. The molecule has 8 heteroatoms. The van der Waals surface area contributed by atoms with Gasteiger partial charge in [-0.25, -0.2) is 4.98 Å². The molecule has 1 N–H and O–H groups in total. The zero-order chi connectivity index (χ0) is 13.6. The summed E-state index contributed by atoms with van der Waals surface area (Å²) in [6, 6.07) is 0. The summed E-state index contributed by atoms with van der Waals surface area (Å²) in [6.45, 7) is 1.61. The molecule has 0 bridgehead atoms. The van der Waals surface area contributed by atoms with Crippen LogP contribution in [-0.4, -0.2) is 56.2 Å². The summed E-state index contributed by atoms with van der Waals surface area (Å²) in [7, 11) is 1.63. The Kier molecular flexibility index (Phi) is 6.16. The van der Waals surface area contributed by atoms with Crippen molar-refractivity contribution in [3.05, 3.63) is 16.6 Å². The Bertz CT molecular complexity index is 433. The molecule has 0 atom stereocenters. The minimum atomic E-state index is -3.39. The van der Waals surface area contributed by atoms with E-state index in [1.807, 2.05) is 12.4 Å². The van der Waals surface area contributed by atoms with E-state index in [-0.39, 0.29) is 0 Å². The molecule has 0 radical (unpaired) electrons. The third-order valence-electron chi connectivity index (χ3n) is 2.56. The molecule has 1 aromatic heterocycles. The first-order chi connectivity index (χ1) is 8.48. The Hall–Kier alpha value is -0.540. The summed E-state index contributed by atoms with van der Waals surface area (Å²) in [5.74, 6) is 0. The van der Waals surface area contributed by atoms with E-state index in [9.17, 15) is 8.42 Å². The molecule has 18 heavy (non-hydrogen) atoms. The van der Waals surface area contributed by atoms with Gasteiger partial charge in [-0.15, -0.1) is 11.3 Å². The van der Waals surface area contributed by atoms with Crippen LogP contribution in [0.25, 0.3) is 0 Å². The molecule has 6 nitrogen and oxygen atoms in total. The maximum Gasteiger partial charge on any atom is 0.281 e. The van der Waals surface area contributed by atoms with Crippen LogP contribution in [0.4, 0.5) is 0 Å². The first-order valence-electron chi connectivity index (χ1n) is 5.67. The summed E-state index contributed by atoms with van der Waals surface area (Å²) in [5.41, 5.74) is 2.47. The van der Waals surface area contributed by atoms with Crippen LogP contribution in [0.3, 0.4) is 0 Å². The second-order valence-corrected chi connectivity index (χ2v) is 6.88. The Balaban J connectivity index is 2.56.